The summed E-state index contributed by atoms with van der Waals surface area (Å²) in [4.78, 5) is 4.28. The number of nitrogens with one attached hydrogen (secondary N) is 1. The van der Waals surface area contributed by atoms with Gasteiger partial charge in [0.15, 0.2) is 9.84 Å². The van der Waals surface area contributed by atoms with E-state index in [0.29, 0.717) is 6.42 Å². The Bertz CT molecular complexity index is 497. The number of nitrogens with zero attached hydrogens (tertiary/aromatic N) is 1. The fourth-order valence-electron chi connectivity index (χ4n) is 1.69. The molecule has 1 unspecified atom stereocenters. The maximum atomic E-state index is 11.8. The second-order valence-electron chi connectivity index (χ2n) is 4.89. The van der Waals surface area contributed by atoms with Gasteiger partial charge in [0.2, 0.25) is 0 Å². The molecule has 1 atom stereocenters. The average molecular weight is 335 g/mol. The third-order valence-corrected chi connectivity index (χ3v) is 6.01. The molecule has 0 aliphatic heterocycles. The van der Waals surface area contributed by atoms with Gasteiger partial charge in [-0.2, -0.15) is 0 Å². The van der Waals surface area contributed by atoms with E-state index < -0.39 is 14.6 Å². The van der Waals surface area contributed by atoms with Crippen LogP contribution in [0, 0.1) is 0 Å². The van der Waals surface area contributed by atoms with Crippen LogP contribution in [0.25, 0.3) is 0 Å². The third kappa shape index (κ3) is 3.52. The SMILES string of the molecule is CNC(Cc1ccc(Br)cn1)C(C)(C)S(C)(=O)=O. The van der Waals surface area contributed by atoms with Gasteiger partial charge in [-0.15, -0.1) is 0 Å². The number of hydrogen-bond donors (Lipinski definition) is 1. The van der Waals surface area contributed by atoms with E-state index in [-0.39, 0.29) is 6.04 Å². The van der Waals surface area contributed by atoms with E-state index in [9.17, 15) is 8.42 Å². The number of likely N-dealkylation sites (N-methyl/N-ethyl adjacent to an activating group) is 1. The fraction of sp³-hybridized carbons (Fsp3) is 0.583. The largest absolute Gasteiger partial charge is 0.315 e. The third-order valence-electron chi connectivity index (χ3n) is 3.35. The van der Waals surface area contributed by atoms with Crippen LogP contribution in [-0.4, -0.2) is 37.5 Å². The number of rotatable bonds is 5. The van der Waals surface area contributed by atoms with Crippen LogP contribution in [0.5, 0.6) is 0 Å². The van der Waals surface area contributed by atoms with E-state index in [1.54, 1.807) is 27.1 Å². The predicted octanol–water partition coefficient (Wildman–Crippen LogP) is 1.80. The van der Waals surface area contributed by atoms with Gasteiger partial charge in [-0.1, -0.05) is 0 Å². The van der Waals surface area contributed by atoms with Crippen molar-refractivity contribution in [2.24, 2.45) is 0 Å². The molecular weight excluding hydrogens is 316 g/mol. The smallest absolute Gasteiger partial charge is 0.154 e. The van der Waals surface area contributed by atoms with Crippen molar-refractivity contribution in [2.75, 3.05) is 13.3 Å². The first-order valence-electron chi connectivity index (χ1n) is 5.66. The standard InChI is InChI=1S/C12H19BrN2O2S/c1-12(2,18(4,16)17)11(14-3)7-10-6-5-9(13)8-15-10/h5-6,8,11,14H,7H2,1-4H3. The van der Waals surface area contributed by atoms with Gasteiger partial charge in [0.05, 0.1) is 4.75 Å². The van der Waals surface area contributed by atoms with Crippen molar-refractivity contribution < 1.29 is 8.42 Å². The second-order valence-corrected chi connectivity index (χ2v) is 8.40. The number of halogens is 1. The molecule has 1 aromatic heterocycles. The molecule has 6 heteroatoms. The molecular formula is C12H19BrN2O2S. The summed E-state index contributed by atoms with van der Waals surface area (Å²) in [6.07, 6.45) is 3.56. The van der Waals surface area contributed by atoms with Gasteiger partial charge >= 0.3 is 0 Å². The zero-order valence-corrected chi connectivity index (χ0v) is 13.5. The zero-order valence-electron chi connectivity index (χ0n) is 11.1. The molecule has 18 heavy (non-hydrogen) atoms. The van der Waals surface area contributed by atoms with E-state index in [0.717, 1.165) is 10.2 Å². The lowest BCUT2D eigenvalue weighted by Gasteiger charge is -2.32. The molecule has 0 spiro atoms. The zero-order chi connectivity index (χ0) is 14.0. The van der Waals surface area contributed by atoms with Crippen LogP contribution in [0.4, 0.5) is 0 Å². The molecule has 0 aromatic carbocycles. The lowest BCUT2D eigenvalue weighted by Crippen LogP contribution is -2.51. The first-order valence-corrected chi connectivity index (χ1v) is 8.34. The summed E-state index contributed by atoms with van der Waals surface area (Å²) in [5.41, 5.74) is 0.870. The monoisotopic (exact) mass is 334 g/mol. The molecule has 0 aliphatic carbocycles. The summed E-state index contributed by atoms with van der Waals surface area (Å²) < 4.78 is 23.7. The van der Waals surface area contributed by atoms with Crippen LogP contribution >= 0.6 is 15.9 Å². The van der Waals surface area contributed by atoms with Gasteiger partial charge in [-0.25, -0.2) is 8.42 Å². The minimum absolute atomic E-state index is 0.179. The number of sulfone groups is 1. The molecule has 1 rings (SSSR count). The van der Waals surface area contributed by atoms with Crippen molar-refractivity contribution in [1.82, 2.24) is 10.3 Å². The van der Waals surface area contributed by atoms with Crippen LogP contribution in [0.3, 0.4) is 0 Å². The van der Waals surface area contributed by atoms with E-state index >= 15 is 0 Å². The van der Waals surface area contributed by atoms with Gasteiger partial charge in [-0.3, -0.25) is 4.98 Å². The Labute approximate surface area is 117 Å². The molecule has 1 N–H and O–H groups in total. The first-order chi connectivity index (χ1) is 8.18. The Morgan fingerprint density at radius 2 is 2.06 bits per heavy atom. The first kappa shape index (κ1) is 15.6. The molecule has 1 aromatic rings. The van der Waals surface area contributed by atoms with Crippen LogP contribution in [0.15, 0.2) is 22.8 Å². The Hall–Kier alpha value is -0.460. The van der Waals surface area contributed by atoms with Crippen LogP contribution in [-0.2, 0) is 16.3 Å². The molecule has 0 saturated heterocycles. The lowest BCUT2D eigenvalue weighted by molar-refractivity contribution is 0.428. The van der Waals surface area contributed by atoms with Crippen molar-refractivity contribution in [2.45, 2.75) is 31.1 Å². The fourth-order valence-corrected chi connectivity index (χ4v) is 2.64. The van der Waals surface area contributed by atoms with Gasteiger partial charge in [0, 0.05) is 35.1 Å². The van der Waals surface area contributed by atoms with E-state index in [1.807, 2.05) is 12.1 Å². The van der Waals surface area contributed by atoms with Crippen LogP contribution in [0.2, 0.25) is 0 Å². The maximum Gasteiger partial charge on any atom is 0.154 e. The van der Waals surface area contributed by atoms with E-state index in [4.69, 9.17) is 0 Å². The van der Waals surface area contributed by atoms with Gasteiger partial charge in [0.1, 0.15) is 0 Å². The highest BCUT2D eigenvalue weighted by atomic mass is 79.9. The summed E-state index contributed by atoms with van der Waals surface area (Å²) >= 11 is 3.33. The Morgan fingerprint density at radius 3 is 2.44 bits per heavy atom. The van der Waals surface area contributed by atoms with E-state index in [2.05, 4.69) is 26.2 Å². The Kier molecular flexibility index (Phi) is 4.91. The molecule has 0 bridgehead atoms. The molecule has 0 saturated carbocycles. The predicted molar refractivity (Wildman–Crippen MR) is 77.4 cm³/mol. The highest BCUT2D eigenvalue weighted by molar-refractivity contribution is 9.10. The normalized spacial score (nSPS) is 14.5. The second kappa shape index (κ2) is 5.67. The van der Waals surface area contributed by atoms with Crippen molar-refractivity contribution in [3.05, 3.63) is 28.5 Å². The van der Waals surface area contributed by atoms with E-state index in [1.165, 1.54) is 6.26 Å². The summed E-state index contributed by atoms with van der Waals surface area (Å²) in [5, 5.41) is 3.08. The summed E-state index contributed by atoms with van der Waals surface area (Å²) in [6, 6.07) is 3.62. The van der Waals surface area contributed by atoms with Crippen LogP contribution in [0.1, 0.15) is 19.5 Å². The average Bonchev–Trinajstić information content (AvgIpc) is 2.26. The topological polar surface area (TPSA) is 59.1 Å². The van der Waals surface area contributed by atoms with Gasteiger partial charge < -0.3 is 5.32 Å². The number of aromatic nitrogens is 1. The van der Waals surface area contributed by atoms with Crippen molar-refractivity contribution >= 4 is 25.8 Å². The molecule has 0 amide bonds. The van der Waals surface area contributed by atoms with Gasteiger partial charge in [0.25, 0.3) is 0 Å². The maximum absolute atomic E-state index is 11.8. The number of hydrogen-bond acceptors (Lipinski definition) is 4. The molecule has 0 fully saturated rings. The Balaban J connectivity index is 2.95. The van der Waals surface area contributed by atoms with Crippen molar-refractivity contribution in [1.29, 1.82) is 0 Å². The number of pyridine rings is 1. The minimum atomic E-state index is -3.14. The van der Waals surface area contributed by atoms with Crippen molar-refractivity contribution in [3.8, 4) is 0 Å². The highest BCUT2D eigenvalue weighted by Crippen LogP contribution is 2.22. The minimum Gasteiger partial charge on any atom is -0.315 e. The molecule has 0 radical (unpaired) electrons. The summed E-state index contributed by atoms with van der Waals surface area (Å²) in [6.45, 7) is 3.48. The molecule has 4 nitrogen and oxygen atoms in total. The summed E-state index contributed by atoms with van der Waals surface area (Å²) in [5.74, 6) is 0. The molecule has 1 heterocycles. The summed E-state index contributed by atoms with van der Waals surface area (Å²) in [7, 11) is -1.37. The van der Waals surface area contributed by atoms with Crippen molar-refractivity contribution in [3.63, 3.8) is 0 Å². The quantitative estimate of drug-likeness (QED) is 0.891. The molecule has 0 aliphatic rings. The molecule has 102 valence electrons. The lowest BCUT2D eigenvalue weighted by atomic mass is 9.98. The van der Waals surface area contributed by atoms with Gasteiger partial charge in [-0.05, 0) is 49.0 Å². The Morgan fingerprint density at radius 1 is 1.44 bits per heavy atom. The van der Waals surface area contributed by atoms with Crippen LogP contribution < -0.4 is 5.32 Å². The highest BCUT2D eigenvalue weighted by Gasteiger charge is 2.38.